The number of carbonyl (C=O) groups is 1. The Hall–Kier alpha value is -1.77. The fourth-order valence-corrected chi connectivity index (χ4v) is 1.96. The first-order valence-electron chi connectivity index (χ1n) is 5.45. The van der Waals surface area contributed by atoms with E-state index in [-0.39, 0.29) is 6.42 Å². The van der Waals surface area contributed by atoms with Gasteiger partial charge < -0.3 is 10.1 Å². The minimum absolute atomic E-state index is 0.241. The van der Waals surface area contributed by atoms with Crippen molar-refractivity contribution in [3.8, 4) is 0 Å². The summed E-state index contributed by atoms with van der Waals surface area (Å²) < 4.78 is 0. The first kappa shape index (κ1) is 10.7. The topological polar surface area (TPSA) is 53.1 Å². The summed E-state index contributed by atoms with van der Waals surface area (Å²) in [6, 6.07) is 6.30. The van der Waals surface area contributed by atoms with Crippen LogP contribution in [-0.2, 0) is 11.2 Å². The van der Waals surface area contributed by atoms with Crippen LogP contribution in [0.2, 0.25) is 0 Å². The molecular weight excluding hydrogens is 202 g/mol. The van der Waals surface area contributed by atoms with Gasteiger partial charge in [0.1, 0.15) is 0 Å². The molecule has 2 rings (SSSR count). The van der Waals surface area contributed by atoms with Crippen LogP contribution in [0.3, 0.4) is 0 Å². The Bertz CT molecular complexity index is 514. The van der Waals surface area contributed by atoms with Crippen molar-refractivity contribution < 1.29 is 9.90 Å². The maximum Gasteiger partial charge on any atom is 0.303 e. The van der Waals surface area contributed by atoms with Crippen molar-refractivity contribution in [1.82, 2.24) is 4.98 Å². The number of hydrogen-bond acceptors (Lipinski definition) is 1. The summed E-state index contributed by atoms with van der Waals surface area (Å²) in [6.45, 7) is 2.07. The lowest BCUT2D eigenvalue weighted by atomic mass is 10.0. The zero-order valence-corrected chi connectivity index (χ0v) is 9.29. The van der Waals surface area contributed by atoms with E-state index in [2.05, 4.69) is 24.0 Å². The Morgan fingerprint density at radius 1 is 1.44 bits per heavy atom. The molecule has 0 aliphatic carbocycles. The van der Waals surface area contributed by atoms with Crippen molar-refractivity contribution >= 4 is 16.9 Å². The van der Waals surface area contributed by atoms with Crippen LogP contribution in [0.4, 0.5) is 0 Å². The van der Waals surface area contributed by atoms with E-state index in [1.807, 2.05) is 12.3 Å². The summed E-state index contributed by atoms with van der Waals surface area (Å²) in [5.74, 6) is -0.722. The van der Waals surface area contributed by atoms with Gasteiger partial charge in [-0.25, -0.2) is 0 Å². The number of carboxylic acid groups (broad SMARTS) is 1. The molecule has 1 heterocycles. The van der Waals surface area contributed by atoms with Crippen LogP contribution in [0, 0.1) is 6.92 Å². The molecule has 0 bridgehead atoms. The number of aromatic nitrogens is 1. The van der Waals surface area contributed by atoms with E-state index < -0.39 is 5.97 Å². The van der Waals surface area contributed by atoms with Crippen molar-refractivity contribution in [2.45, 2.75) is 26.2 Å². The highest BCUT2D eigenvalue weighted by atomic mass is 16.4. The molecule has 0 radical (unpaired) electrons. The fourth-order valence-electron chi connectivity index (χ4n) is 1.96. The van der Waals surface area contributed by atoms with Gasteiger partial charge in [0.15, 0.2) is 0 Å². The molecule has 1 aromatic carbocycles. The summed E-state index contributed by atoms with van der Waals surface area (Å²) in [6.07, 6.45) is 3.70. The summed E-state index contributed by atoms with van der Waals surface area (Å²) in [5.41, 5.74) is 3.60. The molecule has 0 fully saturated rings. The quantitative estimate of drug-likeness (QED) is 0.827. The van der Waals surface area contributed by atoms with Gasteiger partial charge in [-0.15, -0.1) is 0 Å². The lowest BCUT2D eigenvalue weighted by Crippen LogP contribution is -1.97. The van der Waals surface area contributed by atoms with Gasteiger partial charge in [0.2, 0.25) is 0 Å². The second kappa shape index (κ2) is 4.39. The smallest absolute Gasteiger partial charge is 0.303 e. The van der Waals surface area contributed by atoms with Crippen LogP contribution in [0.25, 0.3) is 10.9 Å². The van der Waals surface area contributed by atoms with Crippen molar-refractivity contribution in [3.05, 3.63) is 35.5 Å². The number of benzene rings is 1. The molecule has 0 atom stereocenters. The normalized spacial score (nSPS) is 10.8. The van der Waals surface area contributed by atoms with E-state index in [4.69, 9.17) is 5.11 Å². The molecule has 2 N–H and O–H groups in total. The van der Waals surface area contributed by atoms with E-state index >= 15 is 0 Å². The monoisotopic (exact) mass is 217 g/mol. The molecule has 0 aliphatic heterocycles. The number of H-pyrrole nitrogens is 1. The van der Waals surface area contributed by atoms with Gasteiger partial charge in [-0.05, 0) is 54.5 Å². The lowest BCUT2D eigenvalue weighted by molar-refractivity contribution is -0.137. The van der Waals surface area contributed by atoms with Gasteiger partial charge in [0.05, 0.1) is 0 Å². The second-order valence-corrected chi connectivity index (χ2v) is 4.09. The van der Waals surface area contributed by atoms with E-state index in [1.165, 1.54) is 16.5 Å². The third-order valence-corrected chi connectivity index (χ3v) is 2.85. The minimum atomic E-state index is -0.722. The Morgan fingerprint density at radius 2 is 2.25 bits per heavy atom. The number of aromatic amines is 1. The Kier molecular flexibility index (Phi) is 2.95. The molecule has 0 aliphatic rings. The number of fused-ring (bicyclic) bond motifs is 1. The minimum Gasteiger partial charge on any atom is -0.481 e. The predicted molar refractivity (Wildman–Crippen MR) is 63.6 cm³/mol. The molecule has 0 amide bonds. The number of aryl methyl sites for hydroxylation is 2. The molecule has 1 aromatic heterocycles. The first-order chi connectivity index (χ1) is 7.66. The largest absolute Gasteiger partial charge is 0.481 e. The van der Waals surface area contributed by atoms with Gasteiger partial charge >= 0.3 is 5.97 Å². The third kappa shape index (κ3) is 2.24. The maximum absolute atomic E-state index is 10.4. The van der Waals surface area contributed by atoms with Gasteiger partial charge in [-0.3, -0.25) is 4.79 Å². The highest BCUT2D eigenvalue weighted by Crippen LogP contribution is 2.20. The van der Waals surface area contributed by atoms with Gasteiger partial charge in [0, 0.05) is 18.1 Å². The zero-order chi connectivity index (χ0) is 11.5. The zero-order valence-electron chi connectivity index (χ0n) is 9.29. The number of nitrogens with one attached hydrogen (secondary N) is 1. The molecule has 16 heavy (non-hydrogen) atoms. The summed E-state index contributed by atoms with van der Waals surface area (Å²) in [5, 5.41) is 9.79. The van der Waals surface area contributed by atoms with Crippen LogP contribution in [-0.4, -0.2) is 16.1 Å². The molecule has 0 saturated carbocycles. The first-order valence-corrected chi connectivity index (χ1v) is 5.45. The number of carboxylic acids is 1. The van der Waals surface area contributed by atoms with E-state index in [0.29, 0.717) is 6.42 Å². The summed E-state index contributed by atoms with van der Waals surface area (Å²) in [7, 11) is 0. The molecular formula is C13H15NO2. The molecule has 0 unspecified atom stereocenters. The van der Waals surface area contributed by atoms with Crippen molar-refractivity contribution in [2.75, 3.05) is 0 Å². The van der Waals surface area contributed by atoms with Crippen LogP contribution in [0.15, 0.2) is 24.4 Å². The van der Waals surface area contributed by atoms with Gasteiger partial charge in [-0.2, -0.15) is 0 Å². The second-order valence-electron chi connectivity index (χ2n) is 4.09. The fraction of sp³-hybridized carbons (Fsp3) is 0.308. The highest BCUT2D eigenvalue weighted by Gasteiger charge is 2.03. The number of rotatable bonds is 4. The predicted octanol–water partition coefficient (Wildman–Crippen LogP) is 2.88. The molecule has 0 spiro atoms. The Morgan fingerprint density at radius 3 is 3.00 bits per heavy atom. The van der Waals surface area contributed by atoms with Gasteiger partial charge in [0.25, 0.3) is 0 Å². The number of aliphatic carboxylic acids is 1. The molecule has 3 nitrogen and oxygen atoms in total. The van der Waals surface area contributed by atoms with Gasteiger partial charge in [-0.1, -0.05) is 0 Å². The number of hydrogen-bond donors (Lipinski definition) is 2. The Labute approximate surface area is 94.1 Å². The molecule has 3 heteroatoms. The lowest BCUT2D eigenvalue weighted by Gasteiger charge is -2.05. The Balaban J connectivity index is 2.16. The molecule has 0 saturated heterocycles. The van der Waals surface area contributed by atoms with E-state index in [9.17, 15) is 4.79 Å². The third-order valence-electron chi connectivity index (χ3n) is 2.85. The summed E-state index contributed by atoms with van der Waals surface area (Å²) in [4.78, 5) is 13.6. The highest BCUT2D eigenvalue weighted by molar-refractivity contribution is 5.81. The van der Waals surface area contributed by atoms with Crippen LogP contribution in [0.1, 0.15) is 24.0 Å². The van der Waals surface area contributed by atoms with Crippen molar-refractivity contribution in [3.63, 3.8) is 0 Å². The average Bonchev–Trinajstić information content (AvgIpc) is 2.64. The summed E-state index contributed by atoms with van der Waals surface area (Å²) >= 11 is 0. The SMILES string of the molecule is Cc1cc2[nH]ccc2cc1CCCC(=O)O. The molecule has 84 valence electrons. The van der Waals surface area contributed by atoms with Crippen LogP contribution in [0.5, 0.6) is 0 Å². The standard InChI is InChI=1S/C13H15NO2/c1-9-7-12-11(5-6-14-12)8-10(9)3-2-4-13(15)16/h5-8,14H,2-4H2,1H3,(H,15,16). The molecule has 2 aromatic rings. The van der Waals surface area contributed by atoms with Crippen LogP contribution >= 0.6 is 0 Å². The van der Waals surface area contributed by atoms with Crippen molar-refractivity contribution in [1.29, 1.82) is 0 Å². The van der Waals surface area contributed by atoms with Crippen molar-refractivity contribution in [2.24, 2.45) is 0 Å². The maximum atomic E-state index is 10.4. The average molecular weight is 217 g/mol. The van der Waals surface area contributed by atoms with Crippen LogP contribution < -0.4 is 0 Å². The van der Waals surface area contributed by atoms with E-state index in [1.54, 1.807) is 0 Å². The van der Waals surface area contributed by atoms with E-state index in [0.717, 1.165) is 11.9 Å².